The average molecular weight is 297 g/mol. The Hall–Kier alpha value is -1.92. The Labute approximate surface area is 124 Å². The summed E-state index contributed by atoms with van der Waals surface area (Å²) in [5.41, 5.74) is 2.36. The fourth-order valence-electron chi connectivity index (χ4n) is 2.22. The second-order valence-electron chi connectivity index (χ2n) is 5.57. The van der Waals surface area contributed by atoms with Gasteiger partial charge in [0.1, 0.15) is 5.71 Å². The summed E-state index contributed by atoms with van der Waals surface area (Å²) in [5, 5.41) is 3.66. The van der Waals surface area contributed by atoms with Crippen molar-refractivity contribution in [3.8, 4) is 0 Å². The van der Waals surface area contributed by atoms with Crippen LogP contribution in [0.15, 0.2) is 5.10 Å². The van der Waals surface area contributed by atoms with Gasteiger partial charge in [-0.25, -0.2) is 10.2 Å². The molecule has 1 atom stereocenters. The summed E-state index contributed by atoms with van der Waals surface area (Å²) in [4.78, 5) is 36.9. The summed E-state index contributed by atoms with van der Waals surface area (Å²) in [7, 11) is 0. The number of hydrogen-bond donors (Lipinski definition) is 1. The molecule has 0 aromatic carbocycles. The van der Waals surface area contributed by atoms with E-state index in [1.807, 2.05) is 27.7 Å². The average Bonchev–Trinajstić information content (AvgIpc) is 2.38. The highest BCUT2D eigenvalue weighted by Crippen LogP contribution is 2.11. The number of hydrazone groups is 1. The zero-order chi connectivity index (χ0) is 16.2. The van der Waals surface area contributed by atoms with E-state index in [-0.39, 0.29) is 42.5 Å². The molecule has 0 radical (unpaired) electrons. The molecule has 1 heterocycles. The van der Waals surface area contributed by atoms with Crippen LogP contribution in [0, 0.1) is 0 Å². The first-order valence-electron chi connectivity index (χ1n) is 7.12. The molecule has 7 heteroatoms. The third-order valence-corrected chi connectivity index (χ3v) is 3.14. The molecular weight excluding hydrogens is 274 g/mol. The highest BCUT2D eigenvalue weighted by Gasteiger charge is 2.29. The molecule has 0 aliphatic carbocycles. The summed E-state index contributed by atoms with van der Waals surface area (Å²) >= 11 is 0. The van der Waals surface area contributed by atoms with Gasteiger partial charge in [-0.05, 0) is 34.6 Å². The minimum absolute atomic E-state index is 0.0185. The Balaban J connectivity index is 2.67. The van der Waals surface area contributed by atoms with Crippen molar-refractivity contribution in [1.82, 2.24) is 10.3 Å². The number of esters is 1. The minimum Gasteiger partial charge on any atom is -0.448 e. The lowest BCUT2D eigenvalue weighted by Gasteiger charge is -2.32. The maximum Gasteiger partial charge on any atom is 0.355 e. The van der Waals surface area contributed by atoms with E-state index in [1.54, 1.807) is 11.8 Å². The fourth-order valence-corrected chi connectivity index (χ4v) is 2.22. The smallest absolute Gasteiger partial charge is 0.355 e. The minimum atomic E-state index is -0.886. The van der Waals surface area contributed by atoms with E-state index in [0.29, 0.717) is 0 Å². The molecular formula is C14H23N3O4. The topological polar surface area (TPSA) is 88.1 Å². The Kier molecular flexibility index (Phi) is 5.87. The molecule has 0 aromatic rings. The molecule has 0 bridgehead atoms. The van der Waals surface area contributed by atoms with E-state index in [1.165, 1.54) is 0 Å². The Morgan fingerprint density at radius 2 is 1.71 bits per heavy atom. The highest BCUT2D eigenvalue weighted by molar-refractivity contribution is 6.37. The summed E-state index contributed by atoms with van der Waals surface area (Å²) in [6, 6.07) is 0.0370. The van der Waals surface area contributed by atoms with Crippen LogP contribution < -0.4 is 5.43 Å². The van der Waals surface area contributed by atoms with Crippen LogP contribution in [0.3, 0.4) is 0 Å². The van der Waals surface area contributed by atoms with E-state index in [2.05, 4.69) is 10.5 Å². The molecule has 0 saturated heterocycles. The van der Waals surface area contributed by atoms with Gasteiger partial charge in [-0.3, -0.25) is 9.59 Å². The quantitative estimate of drug-likeness (QED) is 0.761. The molecule has 0 fully saturated rings. The van der Waals surface area contributed by atoms with Gasteiger partial charge in [0, 0.05) is 24.9 Å². The Morgan fingerprint density at radius 1 is 1.14 bits per heavy atom. The lowest BCUT2D eigenvalue weighted by Crippen LogP contribution is -2.48. The Morgan fingerprint density at radius 3 is 2.14 bits per heavy atom. The van der Waals surface area contributed by atoms with E-state index in [0.717, 1.165) is 0 Å². The summed E-state index contributed by atoms with van der Waals surface area (Å²) < 4.78 is 5.16. The summed E-state index contributed by atoms with van der Waals surface area (Å²) in [6.45, 7) is 9.18. The first kappa shape index (κ1) is 17.1. The lowest BCUT2D eigenvalue weighted by molar-refractivity contribution is -0.156. The molecule has 0 unspecified atom stereocenters. The van der Waals surface area contributed by atoms with Crippen molar-refractivity contribution in [2.45, 2.75) is 65.6 Å². The molecule has 7 nitrogen and oxygen atoms in total. The maximum atomic E-state index is 12.3. The van der Waals surface area contributed by atoms with Crippen LogP contribution in [0.2, 0.25) is 0 Å². The van der Waals surface area contributed by atoms with Crippen LogP contribution in [0.1, 0.15) is 47.5 Å². The van der Waals surface area contributed by atoms with Gasteiger partial charge in [-0.2, -0.15) is 5.10 Å². The molecule has 118 valence electrons. The van der Waals surface area contributed by atoms with E-state index in [9.17, 15) is 14.4 Å². The van der Waals surface area contributed by atoms with Gasteiger partial charge in [0.15, 0.2) is 6.10 Å². The second-order valence-corrected chi connectivity index (χ2v) is 5.57. The van der Waals surface area contributed by atoms with Gasteiger partial charge in [-0.15, -0.1) is 0 Å². The molecule has 0 spiro atoms. The van der Waals surface area contributed by atoms with Crippen molar-refractivity contribution < 1.29 is 19.1 Å². The third kappa shape index (κ3) is 4.54. The van der Waals surface area contributed by atoms with Crippen molar-refractivity contribution >= 4 is 23.5 Å². The first-order chi connectivity index (χ1) is 9.73. The van der Waals surface area contributed by atoms with Gasteiger partial charge < -0.3 is 9.64 Å². The second kappa shape index (κ2) is 7.19. The SMILES string of the molecule is CC(C)N(C(=O)[C@@H](C)OC(=O)C1=NNC(=O)CC1)C(C)C. The number of ether oxygens (including phenoxy) is 1. The number of nitrogens with one attached hydrogen (secondary N) is 1. The monoisotopic (exact) mass is 297 g/mol. The van der Waals surface area contributed by atoms with Crippen LogP contribution in [0.4, 0.5) is 0 Å². The zero-order valence-electron chi connectivity index (χ0n) is 13.2. The zero-order valence-corrected chi connectivity index (χ0v) is 13.2. The first-order valence-corrected chi connectivity index (χ1v) is 7.12. The molecule has 1 aliphatic heterocycles. The van der Waals surface area contributed by atoms with Crippen molar-refractivity contribution in [3.63, 3.8) is 0 Å². The number of carbonyl (C=O) groups is 3. The standard InChI is InChI=1S/C14H23N3O4/c1-8(2)17(9(3)4)13(19)10(5)21-14(20)11-6-7-12(18)16-15-11/h8-10H,6-7H2,1-5H3,(H,16,18)/t10-/m1/s1. The third-order valence-electron chi connectivity index (χ3n) is 3.14. The van der Waals surface area contributed by atoms with Crippen LogP contribution >= 0.6 is 0 Å². The fraction of sp³-hybridized carbons (Fsp3) is 0.714. The van der Waals surface area contributed by atoms with Gasteiger partial charge in [0.05, 0.1) is 0 Å². The predicted molar refractivity (Wildman–Crippen MR) is 77.5 cm³/mol. The van der Waals surface area contributed by atoms with Crippen LogP contribution in [-0.2, 0) is 19.1 Å². The van der Waals surface area contributed by atoms with E-state index >= 15 is 0 Å². The normalized spacial score (nSPS) is 16.3. The van der Waals surface area contributed by atoms with Gasteiger partial charge in [0.25, 0.3) is 5.91 Å². The van der Waals surface area contributed by atoms with E-state index < -0.39 is 12.1 Å². The number of hydrogen-bond acceptors (Lipinski definition) is 5. The predicted octanol–water partition coefficient (Wildman–Crippen LogP) is 0.829. The number of rotatable bonds is 5. The van der Waals surface area contributed by atoms with Crippen LogP contribution in [0.25, 0.3) is 0 Å². The maximum absolute atomic E-state index is 12.3. The lowest BCUT2D eigenvalue weighted by atomic mass is 10.1. The van der Waals surface area contributed by atoms with Crippen molar-refractivity contribution in [1.29, 1.82) is 0 Å². The highest BCUT2D eigenvalue weighted by atomic mass is 16.5. The molecule has 1 rings (SSSR count). The number of carbonyl (C=O) groups excluding carboxylic acids is 3. The number of nitrogens with zero attached hydrogens (tertiary/aromatic N) is 2. The molecule has 21 heavy (non-hydrogen) atoms. The van der Waals surface area contributed by atoms with E-state index in [4.69, 9.17) is 4.74 Å². The van der Waals surface area contributed by atoms with Crippen LogP contribution in [-0.4, -0.2) is 46.6 Å². The molecule has 2 amide bonds. The van der Waals surface area contributed by atoms with Crippen molar-refractivity contribution in [3.05, 3.63) is 0 Å². The molecule has 0 saturated carbocycles. The molecule has 0 aromatic heterocycles. The Bertz CT molecular complexity index is 449. The summed E-state index contributed by atoms with van der Waals surface area (Å²) in [5.74, 6) is -1.14. The molecule has 1 N–H and O–H groups in total. The van der Waals surface area contributed by atoms with Gasteiger partial charge >= 0.3 is 5.97 Å². The summed E-state index contributed by atoms with van der Waals surface area (Å²) in [6.07, 6.45) is -0.466. The van der Waals surface area contributed by atoms with Gasteiger partial charge in [0.2, 0.25) is 5.91 Å². The molecule has 1 aliphatic rings. The van der Waals surface area contributed by atoms with Crippen molar-refractivity contribution in [2.24, 2.45) is 5.10 Å². The van der Waals surface area contributed by atoms with Crippen molar-refractivity contribution in [2.75, 3.05) is 0 Å². The van der Waals surface area contributed by atoms with Crippen LogP contribution in [0.5, 0.6) is 0 Å². The largest absolute Gasteiger partial charge is 0.448 e. The number of amides is 2. The van der Waals surface area contributed by atoms with Gasteiger partial charge in [-0.1, -0.05) is 0 Å².